The van der Waals surface area contributed by atoms with Gasteiger partial charge in [0.1, 0.15) is 11.6 Å². The molecule has 0 saturated heterocycles. The highest BCUT2D eigenvalue weighted by Gasteiger charge is 2.01. The Balaban J connectivity index is 2.29. The third kappa shape index (κ3) is 4.62. The Bertz CT molecular complexity index is 326. The van der Waals surface area contributed by atoms with Crippen LogP contribution >= 0.6 is 0 Å². The predicted molar refractivity (Wildman–Crippen MR) is 64.4 cm³/mol. The molecule has 0 aliphatic heterocycles. The lowest BCUT2D eigenvalue weighted by Crippen LogP contribution is -2.24. The van der Waals surface area contributed by atoms with Crippen molar-refractivity contribution in [1.29, 1.82) is 0 Å². The fourth-order valence-electron chi connectivity index (χ4n) is 1.37. The summed E-state index contributed by atoms with van der Waals surface area (Å²) in [5.41, 5.74) is 0.971. The molecule has 0 saturated carbocycles. The number of hydrogen-bond acceptors (Lipinski definition) is 2. The predicted octanol–water partition coefficient (Wildman–Crippen LogP) is 2.90. The standard InChI is InChI=1S/C13H20FNO/c1-10(2)15-7-4-8-16-13-9-12(14)6-5-11(13)3/h5-6,9-10,15H,4,7-8H2,1-3H3. The van der Waals surface area contributed by atoms with E-state index >= 15 is 0 Å². The van der Waals surface area contributed by atoms with Gasteiger partial charge in [0.15, 0.2) is 0 Å². The highest BCUT2D eigenvalue weighted by atomic mass is 19.1. The molecular formula is C13H20FNO. The second kappa shape index (κ2) is 6.48. The third-order valence-corrected chi connectivity index (χ3v) is 2.28. The molecule has 0 spiro atoms. The Morgan fingerprint density at radius 1 is 1.38 bits per heavy atom. The van der Waals surface area contributed by atoms with Crippen LogP contribution in [0.25, 0.3) is 0 Å². The fraction of sp³-hybridized carbons (Fsp3) is 0.538. The van der Waals surface area contributed by atoms with Gasteiger partial charge in [0.2, 0.25) is 0 Å². The minimum absolute atomic E-state index is 0.249. The number of nitrogens with one attached hydrogen (secondary N) is 1. The lowest BCUT2D eigenvalue weighted by atomic mass is 10.2. The smallest absolute Gasteiger partial charge is 0.126 e. The summed E-state index contributed by atoms with van der Waals surface area (Å²) in [6.07, 6.45) is 0.925. The van der Waals surface area contributed by atoms with Gasteiger partial charge in [0, 0.05) is 12.1 Å². The summed E-state index contributed by atoms with van der Waals surface area (Å²) in [4.78, 5) is 0. The first kappa shape index (κ1) is 13.0. The van der Waals surface area contributed by atoms with Crippen molar-refractivity contribution in [3.05, 3.63) is 29.6 Å². The molecule has 1 N–H and O–H groups in total. The summed E-state index contributed by atoms with van der Waals surface area (Å²) in [6, 6.07) is 5.11. The van der Waals surface area contributed by atoms with Gasteiger partial charge in [-0.1, -0.05) is 19.9 Å². The molecule has 0 amide bonds. The van der Waals surface area contributed by atoms with Gasteiger partial charge in [0.25, 0.3) is 0 Å². The van der Waals surface area contributed by atoms with E-state index in [9.17, 15) is 4.39 Å². The van der Waals surface area contributed by atoms with Crippen LogP contribution in [0.1, 0.15) is 25.8 Å². The van der Waals surface area contributed by atoms with Gasteiger partial charge in [-0.25, -0.2) is 4.39 Å². The lowest BCUT2D eigenvalue weighted by Gasteiger charge is -2.10. The summed E-state index contributed by atoms with van der Waals surface area (Å²) in [7, 11) is 0. The van der Waals surface area contributed by atoms with Gasteiger partial charge in [0.05, 0.1) is 6.61 Å². The van der Waals surface area contributed by atoms with Gasteiger partial charge in [-0.3, -0.25) is 0 Å². The molecule has 0 fully saturated rings. The van der Waals surface area contributed by atoms with E-state index in [1.807, 2.05) is 6.92 Å². The van der Waals surface area contributed by atoms with Crippen molar-refractivity contribution in [2.24, 2.45) is 0 Å². The second-order valence-electron chi connectivity index (χ2n) is 4.22. The van der Waals surface area contributed by atoms with Crippen molar-refractivity contribution in [3.63, 3.8) is 0 Å². The van der Waals surface area contributed by atoms with Gasteiger partial charge < -0.3 is 10.1 Å². The highest BCUT2D eigenvalue weighted by Crippen LogP contribution is 2.18. The number of halogens is 1. The molecule has 3 heteroatoms. The van der Waals surface area contributed by atoms with Crippen molar-refractivity contribution in [2.45, 2.75) is 33.2 Å². The maximum absolute atomic E-state index is 12.9. The number of rotatable bonds is 6. The molecule has 1 aromatic carbocycles. The number of hydrogen-bond donors (Lipinski definition) is 1. The molecule has 0 radical (unpaired) electrons. The molecule has 0 heterocycles. The topological polar surface area (TPSA) is 21.3 Å². The van der Waals surface area contributed by atoms with E-state index in [1.54, 1.807) is 6.07 Å². The van der Waals surface area contributed by atoms with Crippen molar-refractivity contribution in [1.82, 2.24) is 5.32 Å². The molecule has 1 aromatic rings. The Hall–Kier alpha value is -1.09. The normalized spacial score (nSPS) is 10.8. The maximum Gasteiger partial charge on any atom is 0.126 e. The van der Waals surface area contributed by atoms with Crippen LogP contribution in [0.4, 0.5) is 4.39 Å². The van der Waals surface area contributed by atoms with Gasteiger partial charge >= 0.3 is 0 Å². The molecule has 0 aromatic heterocycles. The summed E-state index contributed by atoms with van der Waals surface area (Å²) in [5, 5.41) is 3.30. The van der Waals surface area contributed by atoms with E-state index in [4.69, 9.17) is 4.74 Å². The Morgan fingerprint density at radius 2 is 2.12 bits per heavy atom. The van der Waals surface area contributed by atoms with Crippen LogP contribution in [0.15, 0.2) is 18.2 Å². The van der Waals surface area contributed by atoms with Crippen LogP contribution in [-0.4, -0.2) is 19.2 Å². The van der Waals surface area contributed by atoms with Crippen molar-refractivity contribution in [2.75, 3.05) is 13.2 Å². The molecule has 2 nitrogen and oxygen atoms in total. The van der Waals surface area contributed by atoms with E-state index < -0.39 is 0 Å². The Labute approximate surface area is 96.8 Å². The van der Waals surface area contributed by atoms with Crippen LogP contribution in [0.2, 0.25) is 0 Å². The molecule has 1 rings (SSSR count). The largest absolute Gasteiger partial charge is 0.493 e. The molecule has 0 atom stereocenters. The van der Waals surface area contributed by atoms with Crippen LogP contribution in [0.3, 0.4) is 0 Å². The highest BCUT2D eigenvalue weighted by molar-refractivity contribution is 5.32. The van der Waals surface area contributed by atoms with Crippen molar-refractivity contribution >= 4 is 0 Å². The number of benzene rings is 1. The van der Waals surface area contributed by atoms with E-state index in [2.05, 4.69) is 19.2 Å². The zero-order valence-corrected chi connectivity index (χ0v) is 10.2. The van der Waals surface area contributed by atoms with Crippen molar-refractivity contribution in [3.8, 4) is 5.75 Å². The van der Waals surface area contributed by atoms with Crippen LogP contribution in [0, 0.1) is 12.7 Å². The molecule has 16 heavy (non-hydrogen) atoms. The minimum Gasteiger partial charge on any atom is -0.493 e. The lowest BCUT2D eigenvalue weighted by molar-refractivity contribution is 0.303. The average Bonchev–Trinajstić information content (AvgIpc) is 2.22. The zero-order chi connectivity index (χ0) is 12.0. The SMILES string of the molecule is Cc1ccc(F)cc1OCCCNC(C)C. The molecule has 0 bridgehead atoms. The summed E-state index contributed by atoms with van der Waals surface area (Å²) >= 11 is 0. The van der Waals surface area contributed by atoms with Gasteiger partial charge in [-0.2, -0.15) is 0 Å². The average molecular weight is 225 g/mol. The third-order valence-electron chi connectivity index (χ3n) is 2.28. The first-order valence-corrected chi connectivity index (χ1v) is 5.72. The van der Waals surface area contributed by atoms with Crippen LogP contribution in [-0.2, 0) is 0 Å². The molecule has 0 aliphatic rings. The summed E-state index contributed by atoms with van der Waals surface area (Å²) in [5.74, 6) is 0.394. The molecule has 0 aliphatic carbocycles. The minimum atomic E-state index is -0.249. The number of ether oxygens (including phenoxy) is 1. The number of aryl methyl sites for hydroxylation is 1. The van der Waals surface area contributed by atoms with E-state index in [0.29, 0.717) is 18.4 Å². The molecule has 0 unspecified atom stereocenters. The quantitative estimate of drug-likeness (QED) is 0.752. The first-order valence-electron chi connectivity index (χ1n) is 5.72. The molecule has 90 valence electrons. The van der Waals surface area contributed by atoms with Gasteiger partial charge in [-0.15, -0.1) is 0 Å². The molecular weight excluding hydrogens is 205 g/mol. The summed E-state index contributed by atoms with van der Waals surface area (Å²) in [6.45, 7) is 7.67. The monoisotopic (exact) mass is 225 g/mol. The van der Waals surface area contributed by atoms with Gasteiger partial charge in [-0.05, 0) is 31.5 Å². The fourth-order valence-corrected chi connectivity index (χ4v) is 1.37. The van der Waals surface area contributed by atoms with E-state index in [1.165, 1.54) is 12.1 Å². The summed E-state index contributed by atoms with van der Waals surface area (Å²) < 4.78 is 18.5. The Morgan fingerprint density at radius 3 is 2.81 bits per heavy atom. The second-order valence-corrected chi connectivity index (χ2v) is 4.22. The van der Waals surface area contributed by atoms with E-state index in [-0.39, 0.29) is 5.82 Å². The van der Waals surface area contributed by atoms with Crippen LogP contribution < -0.4 is 10.1 Å². The zero-order valence-electron chi connectivity index (χ0n) is 10.2. The van der Waals surface area contributed by atoms with Crippen LogP contribution in [0.5, 0.6) is 5.75 Å². The maximum atomic E-state index is 12.9. The first-order chi connectivity index (χ1) is 7.59. The Kier molecular flexibility index (Phi) is 5.26. The van der Waals surface area contributed by atoms with E-state index in [0.717, 1.165) is 18.5 Å². The van der Waals surface area contributed by atoms with Crippen molar-refractivity contribution < 1.29 is 9.13 Å².